The first-order chi connectivity index (χ1) is 16.4. The second-order valence-electron chi connectivity index (χ2n) is 9.16. The lowest BCUT2D eigenvalue weighted by Gasteiger charge is -2.29. The molecule has 0 saturated carbocycles. The number of aliphatic hydroxyl groups is 2. The van der Waals surface area contributed by atoms with Crippen molar-refractivity contribution in [3.8, 4) is 0 Å². The molecule has 0 aromatic carbocycles. The topological polar surface area (TPSA) is 152 Å². The van der Waals surface area contributed by atoms with Gasteiger partial charge in [-0.3, -0.25) is 19.5 Å². The molecule has 0 aliphatic carbocycles. The third kappa shape index (κ3) is 9.01. The smallest absolute Gasteiger partial charge is 0.306 e. The van der Waals surface area contributed by atoms with Crippen LogP contribution in [0.4, 0.5) is 11.4 Å². The summed E-state index contributed by atoms with van der Waals surface area (Å²) >= 11 is 0. The van der Waals surface area contributed by atoms with Crippen molar-refractivity contribution in [2.45, 2.75) is 63.8 Å². The third-order valence-corrected chi connectivity index (χ3v) is 6.17. The fourth-order valence-electron chi connectivity index (χ4n) is 4.45. The van der Waals surface area contributed by atoms with Gasteiger partial charge in [-0.2, -0.15) is 10.2 Å². The molecule has 0 radical (unpaired) electrons. The number of aryl methyl sites for hydroxylation is 2. The van der Waals surface area contributed by atoms with Crippen LogP contribution in [0.15, 0.2) is 24.8 Å². The molecule has 4 rings (SSSR count). The first-order valence-corrected chi connectivity index (χ1v) is 12.1. The van der Waals surface area contributed by atoms with E-state index in [0.29, 0.717) is 12.2 Å². The lowest BCUT2D eigenvalue weighted by atomic mass is 10.1. The van der Waals surface area contributed by atoms with Gasteiger partial charge < -0.3 is 25.7 Å². The summed E-state index contributed by atoms with van der Waals surface area (Å²) in [5, 5.41) is 37.6. The normalized spacial score (nSPS) is 21.7. The van der Waals surface area contributed by atoms with E-state index < -0.39 is 4.92 Å². The minimum atomic E-state index is -0.440. The fraction of sp³-hybridized carbons (Fsp3) is 0.727. The van der Waals surface area contributed by atoms with Gasteiger partial charge in [0, 0.05) is 32.4 Å². The number of nitrogens with zero attached hydrogens (tertiary/aromatic N) is 7. The number of hydrogen-bond donors (Lipinski definition) is 3. The lowest BCUT2D eigenvalue weighted by molar-refractivity contribution is -0.385. The second kappa shape index (κ2) is 13.4. The summed E-state index contributed by atoms with van der Waals surface area (Å²) in [6, 6.07) is 0. The van der Waals surface area contributed by atoms with Gasteiger partial charge in [-0.25, -0.2) is 0 Å². The van der Waals surface area contributed by atoms with E-state index in [9.17, 15) is 20.3 Å². The number of nitrogen functional groups attached to an aromatic ring is 1. The number of aromatic nitrogens is 4. The number of anilines is 1. The predicted molar refractivity (Wildman–Crippen MR) is 128 cm³/mol. The Morgan fingerprint density at radius 2 is 1.44 bits per heavy atom. The van der Waals surface area contributed by atoms with Crippen LogP contribution in [0.3, 0.4) is 0 Å². The van der Waals surface area contributed by atoms with Gasteiger partial charge in [0.2, 0.25) is 0 Å². The van der Waals surface area contributed by atoms with Crippen LogP contribution in [0.5, 0.6) is 0 Å². The molecule has 2 aliphatic rings. The van der Waals surface area contributed by atoms with Crippen molar-refractivity contribution in [1.82, 2.24) is 29.4 Å². The van der Waals surface area contributed by atoms with E-state index in [1.807, 2.05) is 10.9 Å². The molecule has 2 aliphatic heterocycles. The highest BCUT2D eigenvalue weighted by Crippen LogP contribution is 2.12. The molecule has 2 aromatic heterocycles. The Morgan fingerprint density at radius 3 is 1.88 bits per heavy atom. The summed E-state index contributed by atoms with van der Waals surface area (Å²) in [7, 11) is 0. The van der Waals surface area contributed by atoms with Gasteiger partial charge in [0.25, 0.3) is 0 Å². The van der Waals surface area contributed by atoms with E-state index in [0.717, 1.165) is 84.3 Å². The molecule has 190 valence electrons. The number of β-amino-alcohol motifs (C(OH)–C–C–N with tert-alkyl or cyclic N) is 2. The minimum Gasteiger partial charge on any atom is -0.396 e. The molecular formula is C22H38N8O4. The highest BCUT2D eigenvalue weighted by molar-refractivity contribution is 5.30. The molecule has 34 heavy (non-hydrogen) atoms. The highest BCUT2D eigenvalue weighted by Gasteiger charge is 2.18. The third-order valence-electron chi connectivity index (χ3n) is 6.17. The standard InChI is InChI=1S/C11H18N4O3.C11H20N4O/c16-11-3-1-4-13(9-11)5-2-6-14-8-10(7-12-14)15(17)18;12-10-7-13-15(8-10)6-2-5-14-4-1-3-11(16)9-14/h7-8,11,16H,1-6,9H2;7-8,11,16H,1-6,9,12H2. The number of nitrogens with two attached hydrogens (primary N) is 1. The van der Waals surface area contributed by atoms with Crippen LogP contribution < -0.4 is 5.73 Å². The Morgan fingerprint density at radius 1 is 0.912 bits per heavy atom. The van der Waals surface area contributed by atoms with E-state index in [-0.39, 0.29) is 17.9 Å². The predicted octanol–water partition coefficient (Wildman–Crippen LogP) is 0.950. The number of hydrogen-bond acceptors (Lipinski definition) is 9. The van der Waals surface area contributed by atoms with Crippen molar-refractivity contribution in [3.63, 3.8) is 0 Å². The second-order valence-corrected chi connectivity index (χ2v) is 9.16. The van der Waals surface area contributed by atoms with E-state index in [4.69, 9.17) is 5.73 Å². The van der Waals surface area contributed by atoms with Crippen molar-refractivity contribution in [2.75, 3.05) is 45.0 Å². The van der Waals surface area contributed by atoms with Crippen molar-refractivity contribution >= 4 is 11.4 Å². The van der Waals surface area contributed by atoms with Crippen molar-refractivity contribution in [1.29, 1.82) is 0 Å². The zero-order valence-electron chi connectivity index (χ0n) is 19.8. The van der Waals surface area contributed by atoms with Crippen molar-refractivity contribution in [2.24, 2.45) is 0 Å². The highest BCUT2D eigenvalue weighted by atomic mass is 16.6. The molecule has 0 amide bonds. The Bertz CT molecular complexity index is 873. The van der Waals surface area contributed by atoms with E-state index >= 15 is 0 Å². The molecule has 4 heterocycles. The Labute approximate surface area is 200 Å². The number of rotatable bonds is 9. The van der Waals surface area contributed by atoms with Crippen LogP contribution in [0.2, 0.25) is 0 Å². The molecule has 2 saturated heterocycles. The molecule has 0 spiro atoms. The van der Waals surface area contributed by atoms with Gasteiger partial charge in [0.1, 0.15) is 12.4 Å². The Kier molecular flexibility index (Phi) is 10.3. The van der Waals surface area contributed by atoms with Gasteiger partial charge in [0.15, 0.2) is 0 Å². The van der Waals surface area contributed by atoms with Crippen LogP contribution in [-0.2, 0) is 13.1 Å². The van der Waals surface area contributed by atoms with Crippen molar-refractivity contribution in [3.05, 3.63) is 34.9 Å². The molecule has 4 N–H and O–H groups in total. The van der Waals surface area contributed by atoms with Crippen molar-refractivity contribution < 1.29 is 15.1 Å². The fourth-order valence-corrected chi connectivity index (χ4v) is 4.45. The molecule has 0 bridgehead atoms. The summed E-state index contributed by atoms with van der Waals surface area (Å²) < 4.78 is 3.47. The number of aliphatic hydroxyl groups excluding tert-OH is 2. The van der Waals surface area contributed by atoms with Gasteiger partial charge in [-0.1, -0.05) is 0 Å². The molecule has 2 atom stereocenters. The average Bonchev–Trinajstić information content (AvgIpc) is 3.44. The van der Waals surface area contributed by atoms with E-state index in [2.05, 4.69) is 20.0 Å². The monoisotopic (exact) mass is 478 g/mol. The number of piperidine rings is 2. The summed E-state index contributed by atoms with van der Waals surface area (Å²) in [5.74, 6) is 0. The first-order valence-electron chi connectivity index (χ1n) is 12.1. The molecule has 12 heteroatoms. The molecule has 2 aromatic rings. The van der Waals surface area contributed by atoms with Gasteiger partial charge in [0.05, 0.1) is 29.0 Å². The summed E-state index contributed by atoms with van der Waals surface area (Å²) in [6.07, 6.45) is 11.8. The zero-order chi connectivity index (χ0) is 24.3. The maximum atomic E-state index is 10.5. The Balaban J connectivity index is 0.000000192. The largest absolute Gasteiger partial charge is 0.396 e. The summed E-state index contributed by atoms with van der Waals surface area (Å²) in [6.45, 7) is 7.17. The SMILES string of the molecule is Nc1cnn(CCCN2CCCC(O)C2)c1.O=[N+]([O-])c1cnn(CCCN2CCCC(O)C2)c1. The Hall–Kier alpha value is -2.54. The van der Waals surface area contributed by atoms with Gasteiger partial charge in [-0.05, 0) is 64.7 Å². The molecule has 2 fully saturated rings. The molecule has 12 nitrogen and oxygen atoms in total. The average molecular weight is 479 g/mol. The van der Waals surface area contributed by atoms with E-state index in [1.54, 1.807) is 10.9 Å². The maximum Gasteiger partial charge on any atom is 0.306 e. The summed E-state index contributed by atoms with van der Waals surface area (Å²) in [5.41, 5.74) is 6.33. The number of likely N-dealkylation sites (tertiary alicyclic amines) is 2. The molecule has 2 unspecified atom stereocenters. The van der Waals surface area contributed by atoms with Crippen LogP contribution in [-0.4, -0.2) is 96.0 Å². The number of nitro groups is 1. The zero-order valence-corrected chi connectivity index (χ0v) is 19.8. The van der Waals surface area contributed by atoms with Crippen LogP contribution in [0.25, 0.3) is 0 Å². The van der Waals surface area contributed by atoms with Gasteiger partial charge in [-0.15, -0.1) is 0 Å². The van der Waals surface area contributed by atoms with Crippen LogP contribution in [0, 0.1) is 10.1 Å². The maximum absolute atomic E-state index is 10.5. The van der Waals surface area contributed by atoms with E-state index in [1.165, 1.54) is 12.4 Å². The first kappa shape index (κ1) is 26.1. The summed E-state index contributed by atoms with van der Waals surface area (Å²) in [4.78, 5) is 14.6. The quantitative estimate of drug-likeness (QED) is 0.353. The van der Waals surface area contributed by atoms with Crippen LogP contribution >= 0.6 is 0 Å². The lowest BCUT2D eigenvalue weighted by Crippen LogP contribution is -2.38. The van der Waals surface area contributed by atoms with Crippen LogP contribution in [0.1, 0.15) is 38.5 Å². The minimum absolute atomic E-state index is 0.0309. The van der Waals surface area contributed by atoms with Gasteiger partial charge >= 0.3 is 5.69 Å². The molecular weight excluding hydrogens is 440 g/mol.